The molecule has 0 aromatic heterocycles. The minimum Gasteiger partial charge on any atom is -0.496 e. The number of methoxy groups -OCH3 is 1. The minimum absolute atomic E-state index is 0.0953. The van der Waals surface area contributed by atoms with Gasteiger partial charge in [0.15, 0.2) is 5.78 Å². The molecule has 0 bridgehead atoms. The maximum Gasteiger partial charge on any atom is 0.182 e. The summed E-state index contributed by atoms with van der Waals surface area (Å²) in [6, 6.07) is 3.45. The molecule has 1 unspecified atom stereocenters. The van der Waals surface area contributed by atoms with Crippen LogP contribution in [0.1, 0.15) is 21.5 Å². The fourth-order valence-electron chi connectivity index (χ4n) is 2.21. The molecule has 1 aromatic carbocycles. The highest BCUT2D eigenvalue weighted by Crippen LogP contribution is 2.24. The molecule has 4 heteroatoms. The highest BCUT2D eigenvalue weighted by molar-refractivity contribution is 6.02. The Balaban J connectivity index is 2.27. The minimum atomic E-state index is -0.231. The van der Waals surface area contributed by atoms with Gasteiger partial charge < -0.3 is 14.8 Å². The summed E-state index contributed by atoms with van der Waals surface area (Å²) in [5, 5.41) is 3.19. The zero-order valence-corrected chi connectivity index (χ0v) is 11.1. The second kappa shape index (κ2) is 5.50. The van der Waals surface area contributed by atoms with Gasteiger partial charge in [-0.1, -0.05) is 0 Å². The number of Topliss-reactive ketones (excluding diaryl/α,β-unsaturated/α-hetero) is 1. The van der Waals surface area contributed by atoms with E-state index >= 15 is 0 Å². The van der Waals surface area contributed by atoms with Crippen LogP contribution in [0.25, 0.3) is 0 Å². The average molecular weight is 249 g/mol. The van der Waals surface area contributed by atoms with Gasteiger partial charge in [0, 0.05) is 12.1 Å². The molecular formula is C14H19NO3. The quantitative estimate of drug-likeness (QED) is 0.824. The molecule has 1 fully saturated rings. The van der Waals surface area contributed by atoms with E-state index in [0.29, 0.717) is 13.2 Å². The third-order valence-corrected chi connectivity index (χ3v) is 3.46. The summed E-state index contributed by atoms with van der Waals surface area (Å²) in [5.74, 6) is 0.912. The highest BCUT2D eigenvalue weighted by atomic mass is 16.5. The van der Waals surface area contributed by atoms with Crippen LogP contribution >= 0.6 is 0 Å². The summed E-state index contributed by atoms with van der Waals surface area (Å²) in [7, 11) is 1.64. The lowest BCUT2D eigenvalue weighted by atomic mass is 9.95. The summed E-state index contributed by atoms with van der Waals surface area (Å²) in [6.45, 7) is 5.77. The Labute approximate surface area is 107 Å². The maximum absolute atomic E-state index is 12.4. The van der Waals surface area contributed by atoms with Gasteiger partial charge in [0.2, 0.25) is 0 Å². The van der Waals surface area contributed by atoms with Crippen molar-refractivity contribution in [3.8, 4) is 5.75 Å². The van der Waals surface area contributed by atoms with Crippen LogP contribution in [0.15, 0.2) is 12.1 Å². The van der Waals surface area contributed by atoms with Crippen LogP contribution in [0.4, 0.5) is 0 Å². The van der Waals surface area contributed by atoms with E-state index in [-0.39, 0.29) is 11.8 Å². The molecule has 98 valence electrons. The first-order valence-corrected chi connectivity index (χ1v) is 6.14. The molecule has 0 spiro atoms. The number of ether oxygens (including phenoxy) is 2. The summed E-state index contributed by atoms with van der Waals surface area (Å²) >= 11 is 0. The predicted molar refractivity (Wildman–Crippen MR) is 69.4 cm³/mol. The normalized spacial score (nSPS) is 19.6. The van der Waals surface area contributed by atoms with Gasteiger partial charge in [0.05, 0.1) is 26.4 Å². The van der Waals surface area contributed by atoms with E-state index in [2.05, 4.69) is 5.32 Å². The largest absolute Gasteiger partial charge is 0.496 e. The zero-order chi connectivity index (χ0) is 13.1. The number of ketones is 1. The summed E-state index contributed by atoms with van der Waals surface area (Å²) in [4.78, 5) is 12.4. The molecule has 1 aromatic rings. The first-order chi connectivity index (χ1) is 8.65. The first-order valence-electron chi connectivity index (χ1n) is 6.14. The van der Waals surface area contributed by atoms with E-state index in [0.717, 1.165) is 29.0 Å². The molecule has 1 N–H and O–H groups in total. The molecule has 1 saturated heterocycles. The van der Waals surface area contributed by atoms with Crippen molar-refractivity contribution >= 4 is 5.78 Å². The van der Waals surface area contributed by atoms with Crippen LogP contribution in [0.2, 0.25) is 0 Å². The molecule has 1 heterocycles. The third kappa shape index (κ3) is 2.40. The Morgan fingerprint density at radius 2 is 2.17 bits per heavy atom. The number of carbonyl (C=O) groups is 1. The SMILES string of the molecule is COc1ccc(C(=O)C2COCCN2)c(C)c1C. The van der Waals surface area contributed by atoms with Crippen LogP contribution in [0.5, 0.6) is 5.75 Å². The van der Waals surface area contributed by atoms with Gasteiger partial charge in [0.1, 0.15) is 5.75 Å². The molecule has 1 atom stereocenters. The van der Waals surface area contributed by atoms with Crippen molar-refractivity contribution < 1.29 is 14.3 Å². The summed E-state index contributed by atoms with van der Waals surface area (Å²) in [6.07, 6.45) is 0. The molecule has 1 aliphatic heterocycles. The van der Waals surface area contributed by atoms with Gasteiger partial charge in [-0.3, -0.25) is 4.79 Å². The Hall–Kier alpha value is -1.39. The van der Waals surface area contributed by atoms with Crippen molar-refractivity contribution in [1.29, 1.82) is 0 Å². The van der Waals surface area contributed by atoms with Crippen LogP contribution in [0.3, 0.4) is 0 Å². The average Bonchev–Trinajstić information content (AvgIpc) is 2.42. The Bertz CT molecular complexity index is 451. The van der Waals surface area contributed by atoms with Crippen molar-refractivity contribution in [2.45, 2.75) is 19.9 Å². The first kappa shape index (κ1) is 13.1. The van der Waals surface area contributed by atoms with E-state index < -0.39 is 0 Å². The van der Waals surface area contributed by atoms with Gasteiger partial charge in [0.25, 0.3) is 0 Å². The van der Waals surface area contributed by atoms with Gasteiger partial charge in [-0.05, 0) is 37.1 Å². The summed E-state index contributed by atoms with van der Waals surface area (Å²) < 4.78 is 10.6. The lowest BCUT2D eigenvalue weighted by Crippen LogP contribution is -2.46. The molecular weight excluding hydrogens is 230 g/mol. The van der Waals surface area contributed by atoms with Gasteiger partial charge in [-0.25, -0.2) is 0 Å². The standard InChI is InChI=1S/C14H19NO3/c1-9-10(2)13(17-3)5-4-11(9)14(16)12-8-18-7-6-15-12/h4-5,12,15H,6-8H2,1-3H3. The van der Waals surface area contributed by atoms with Crippen molar-refractivity contribution in [3.63, 3.8) is 0 Å². The second-order valence-corrected chi connectivity index (χ2v) is 4.51. The fourth-order valence-corrected chi connectivity index (χ4v) is 2.21. The van der Waals surface area contributed by atoms with Crippen molar-refractivity contribution in [3.05, 3.63) is 28.8 Å². The Kier molecular flexibility index (Phi) is 3.99. The van der Waals surface area contributed by atoms with E-state index in [1.165, 1.54) is 0 Å². The number of rotatable bonds is 3. The molecule has 0 amide bonds. The van der Waals surface area contributed by atoms with E-state index in [4.69, 9.17) is 9.47 Å². The third-order valence-electron chi connectivity index (χ3n) is 3.46. The number of hydrogen-bond acceptors (Lipinski definition) is 4. The number of nitrogens with one attached hydrogen (secondary N) is 1. The van der Waals surface area contributed by atoms with E-state index in [1.54, 1.807) is 7.11 Å². The molecule has 18 heavy (non-hydrogen) atoms. The monoisotopic (exact) mass is 249 g/mol. The molecule has 2 rings (SSSR count). The van der Waals surface area contributed by atoms with Gasteiger partial charge in [-0.2, -0.15) is 0 Å². The molecule has 0 radical (unpaired) electrons. The maximum atomic E-state index is 12.4. The highest BCUT2D eigenvalue weighted by Gasteiger charge is 2.24. The lowest BCUT2D eigenvalue weighted by Gasteiger charge is -2.23. The predicted octanol–water partition coefficient (Wildman–Crippen LogP) is 1.48. The van der Waals surface area contributed by atoms with Crippen molar-refractivity contribution in [2.75, 3.05) is 26.9 Å². The van der Waals surface area contributed by atoms with Crippen molar-refractivity contribution in [1.82, 2.24) is 5.32 Å². The Morgan fingerprint density at radius 3 is 2.78 bits per heavy atom. The van der Waals surface area contributed by atoms with Gasteiger partial charge >= 0.3 is 0 Å². The van der Waals surface area contributed by atoms with Crippen LogP contribution in [-0.2, 0) is 4.74 Å². The number of benzene rings is 1. The number of carbonyl (C=O) groups excluding carboxylic acids is 1. The van der Waals surface area contributed by atoms with E-state index in [9.17, 15) is 4.79 Å². The smallest absolute Gasteiger partial charge is 0.182 e. The van der Waals surface area contributed by atoms with Crippen LogP contribution in [-0.4, -0.2) is 38.7 Å². The van der Waals surface area contributed by atoms with E-state index in [1.807, 2.05) is 26.0 Å². The number of hydrogen-bond donors (Lipinski definition) is 1. The summed E-state index contributed by atoms with van der Waals surface area (Å²) in [5.41, 5.74) is 2.74. The van der Waals surface area contributed by atoms with Gasteiger partial charge in [-0.15, -0.1) is 0 Å². The van der Waals surface area contributed by atoms with Crippen molar-refractivity contribution in [2.24, 2.45) is 0 Å². The second-order valence-electron chi connectivity index (χ2n) is 4.51. The van der Waals surface area contributed by atoms with Crippen LogP contribution < -0.4 is 10.1 Å². The molecule has 4 nitrogen and oxygen atoms in total. The van der Waals surface area contributed by atoms with Crippen LogP contribution in [0, 0.1) is 13.8 Å². The topological polar surface area (TPSA) is 47.6 Å². The molecule has 0 saturated carbocycles. The Morgan fingerprint density at radius 1 is 1.39 bits per heavy atom. The lowest BCUT2D eigenvalue weighted by molar-refractivity contribution is 0.0607. The molecule has 0 aliphatic carbocycles. The number of morpholine rings is 1. The zero-order valence-electron chi connectivity index (χ0n) is 11.1. The fraction of sp³-hybridized carbons (Fsp3) is 0.500. The molecule has 1 aliphatic rings.